The first-order valence-electron chi connectivity index (χ1n) is 4.01. The summed E-state index contributed by atoms with van der Waals surface area (Å²) in [7, 11) is 0. The lowest BCUT2D eigenvalue weighted by atomic mass is 10.2. The average molecular weight is 162 g/mol. The molecule has 0 amide bonds. The van der Waals surface area contributed by atoms with E-state index in [9.17, 15) is 4.79 Å². The van der Waals surface area contributed by atoms with Gasteiger partial charge in [0.05, 0.1) is 12.2 Å². The van der Waals surface area contributed by atoms with Crippen molar-refractivity contribution in [2.24, 2.45) is 5.73 Å². The van der Waals surface area contributed by atoms with Gasteiger partial charge in [-0.2, -0.15) is 0 Å². The third-order valence-electron chi connectivity index (χ3n) is 0.971. The number of rotatable bonds is 3. The van der Waals surface area contributed by atoms with E-state index < -0.39 is 17.6 Å². The Labute approximate surface area is 67.7 Å². The van der Waals surface area contributed by atoms with E-state index in [2.05, 4.69) is 0 Å². The van der Waals surface area contributed by atoms with Crippen LogP contribution in [0.1, 0.15) is 22.1 Å². The van der Waals surface area contributed by atoms with Crippen molar-refractivity contribution < 1.29 is 16.0 Å². The van der Waals surface area contributed by atoms with Crippen molar-refractivity contribution in [2.75, 3.05) is 6.61 Å². The van der Waals surface area contributed by atoms with Crippen molar-refractivity contribution in [3.8, 4) is 0 Å². The third-order valence-corrected chi connectivity index (χ3v) is 0.971. The van der Waals surface area contributed by atoms with Gasteiger partial charge in [-0.15, -0.1) is 0 Å². The SMILES string of the molecule is [2H]CC(C)(C)OC[C@H](N)C(=O)O. The zero-order chi connectivity index (χ0) is 9.78. The maximum Gasteiger partial charge on any atom is 0.322 e. The second-order valence-corrected chi connectivity index (χ2v) is 3.02. The van der Waals surface area contributed by atoms with Crippen LogP contribution in [-0.4, -0.2) is 29.3 Å². The van der Waals surface area contributed by atoms with Gasteiger partial charge in [-0.3, -0.25) is 4.79 Å². The molecule has 0 aliphatic carbocycles. The Morgan fingerprint density at radius 1 is 1.91 bits per heavy atom. The fraction of sp³-hybridized carbons (Fsp3) is 0.857. The Bertz CT molecular complexity index is 161. The number of carboxylic acids is 1. The summed E-state index contributed by atoms with van der Waals surface area (Å²) in [6.07, 6.45) is 0. The first-order valence-corrected chi connectivity index (χ1v) is 3.30. The van der Waals surface area contributed by atoms with Gasteiger partial charge in [-0.05, 0) is 20.7 Å². The lowest BCUT2D eigenvalue weighted by Gasteiger charge is -2.20. The summed E-state index contributed by atoms with van der Waals surface area (Å²) >= 11 is 0. The van der Waals surface area contributed by atoms with Crippen LogP contribution in [0.3, 0.4) is 0 Å². The van der Waals surface area contributed by atoms with E-state index in [0.29, 0.717) is 0 Å². The molecule has 66 valence electrons. The molecule has 0 aromatic heterocycles. The van der Waals surface area contributed by atoms with Gasteiger partial charge in [-0.1, -0.05) is 0 Å². The highest BCUT2D eigenvalue weighted by atomic mass is 16.5. The van der Waals surface area contributed by atoms with Crippen molar-refractivity contribution in [3.63, 3.8) is 0 Å². The molecule has 4 heteroatoms. The quantitative estimate of drug-likeness (QED) is 0.622. The molecule has 0 fully saturated rings. The highest BCUT2D eigenvalue weighted by molar-refractivity contribution is 5.73. The third kappa shape index (κ3) is 5.82. The van der Waals surface area contributed by atoms with Crippen LogP contribution in [0.15, 0.2) is 0 Å². The largest absolute Gasteiger partial charge is 0.480 e. The molecule has 0 bridgehead atoms. The van der Waals surface area contributed by atoms with Crippen molar-refractivity contribution >= 4 is 5.97 Å². The van der Waals surface area contributed by atoms with E-state index in [1.165, 1.54) is 0 Å². The molecule has 3 N–H and O–H groups in total. The minimum atomic E-state index is -1.09. The van der Waals surface area contributed by atoms with Crippen LogP contribution in [0.4, 0.5) is 0 Å². The number of aliphatic carboxylic acids is 1. The van der Waals surface area contributed by atoms with Gasteiger partial charge >= 0.3 is 5.97 Å². The first kappa shape index (κ1) is 8.49. The van der Waals surface area contributed by atoms with Crippen LogP contribution in [0.25, 0.3) is 0 Å². The molecule has 0 saturated heterocycles. The Morgan fingerprint density at radius 2 is 2.45 bits per heavy atom. The molecule has 11 heavy (non-hydrogen) atoms. The van der Waals surface area contributed by atoms with Gasteiger partial charge in [0, 0.05) is 1.37 Å². The zero-order valence-corrected chi connectivity index (χ0v) is 6.83. The summed E-state index contributed by atoms with van der Waals surface area (Å²) in [6.45, 7) is 3.46. The normalized spacial score (nSPS) is 15.7. The van der Waals surface area contributed by atoms with Gasteiger partial charge in [0.2, 0.25) is 0 Å². The van der Waals surface area contributed by atoms with Crippen molar-refractivity contribution in [3.05, 3.63) is 0 Å². The summed E-state index contributed by atoms with van der Waals surface area (Å²) in [5, 5.41) is 8.40. The van der Waals surface area contributed by atoms with E-state index in [0.717, 1.165) is 0 Å². The first-order chi connectivity index (χ1) is 5.39. The molecular weight excluding hydrogens is 146 g/mol. The molecule has 0 aromatic rings. The zero-order valence-electron chi connectivity index (χ0n) is 7.83. The standard InChI is InChI=1S/C7H15NO3/c1-7(2,3)11-4-5(8)6(9)10/h5H,4,8H2,1-3H3,(H,9,10)/t5-/m0/s1/i1D. The number of carbonyl (C=O) groups is 1. The Hall–Kier alpha value is -0.610. The fourth-order valence-corrected chi connectivity index (χ4v) is 0.387. The summed E-state index contributed by atoms with van der Waals surface area (Å²) in [5.41, 5.74) is 4.57. The molecule has 0 heterocycles. The summed E-state index contributed by atoms with van der Waals surface area (Å²) < 4.78 is 12.2. The van der Waals surface area contributed by atoms with Crippen LogP contribution in [0.2, 0.25) is 0 Å². The van der Waals surface area contributed by atoms with Gasteiger partial charge in [0.1, 0.15) is 6.04 Å². The molecular formula is C7H15NO3. The van der Waals surface area contributed by atoms with Crippen molar-refractivity contribution in [2.45, 2.75) is 32.4 Å². The number of nitrogens with two attached hydrogens (primary N) is 1. The number of ether oxygens (including phenoxy) is 1. The van der Waals surface area contributed by atoms with E-state index in [-0.39, 0.29) is 13.5 Å². The van der Waals surface area contributed by atoms with Crippen LogP contribution in [0.5, 0.6) is 0 Å². The molecule has 0 aliphatic heterocycles. The van der Waals surface area contributed by atoms with E-state index >= 15 is 0 Å². The molecule has 0 rings (SSSR count). The van der Waals surface area contributed by atoms with Crippen LogP contribution < -0.4 is 5.73 Å². The second-order valence-electron chi connectivity index (χ2n) is 3.02. The smallest absolute Gasteiger partial charge is 0.322 e. The highest BCUT2D eigenvalue weighted by Gasteiger charge is 2.16. The monoisotopic (exact) mass is 162 g/mol. The maximum absolute atomic E-state index is 10.3. The minimum absolute atomic E-state index is 0.0544. The summed E-state index contributed by atoms with van der Waals surface area (Å²) in [5.74, 6) is -1.09. The Kier molecular flexibility index (Phi) is 2.84. The van der Waals surface area contributed by atoms with E-state index in [1.54, 1.807) is 13.8 Å². The van der Waals surface area contributed by atoms with E-state index in [4.69, 9.17) is 16.9 Å². The van der Waals surface area contributed by atoms with Gasteiger partial charge in [-0.25, -0.2) is 0 Å². The molecule has 4 nitrogen and oxygen atoms in total. The lowest BCUT2D eigenvalue weighted by Crippen LogP contribution is -2.37. The highest BCUT2D eigenvalue weighted by Crippen LogP contribution is 2.06. The summed E-state index contributed by atoms with van der Waals surface area (Å²) in [6, 6.07) is -1.00. The molecule has 0 saturated carbocycles. The fourth-order valence-electron chi connectivity index (χ4n) is 0.387. The summed E-state index contributed by atoms with van der Waals surface area (Å²) in [4.78, 5) is 10.3. The maximum atomic E-state index is 10.3. The van der Waals surface area contributed by atoms with Crippen LogP contribution in [-0.2, 0) is 9.53 Å². The second kappa shape index (κ2) is 3.69. The molecule has 0 unspecified atom stereocenters. The number of carboxylic acid groups (broad SMARTS) is 1. The van der Waals surface area contributed by atoms with E-state index in [1.807, 2.05) is 0 Å². The Morgan fingerprint density at radius 3 is 2.82 bits per heavy atom. The van der Waals surface area contributed by atoms with Crippen molar-refractivity contribution in [1.82, 2.24) is 0 Å². The molecule has 0 radical (unpaired) electrons. The van der Waals surface area contributed by atoms with Crippen LogP contribution in [0, 0.1) is 0 Å². The topological polar surface area (TPSA) is 72.5 Å². The lowest BCUT2D eigenvalue weighted by molar-refractivity contribution is -0.141. The number of hydrogen-bond acceptors (Lipinski definition) is 3. The van der Waals surface area contributed by atoms with Gasteiger partial charge < -0.3 is 15.6 Å². The predicted molar refractivity (Wildman–Crippen MR) is 41.3 cm³/mol. The molecule has 0 aliphatic rings. The van der Waals surface area contributed by atoms with Gasteiger partial charge in [0.15, 0.2) is 0 Å². The molecule has 0 spiro atoms. The molecule has 1 atom stereocenters. The minimum Gasteiger partial charge on any atom is -0.480 e. The molecule has 0 aromatic carbocycles. The Balaban J connectivity index is 3.75. The average Bonchev–Trinajstić information content (AvgIpc) is 2.00. The number of hydrogen-bond donors (Lipinski definition) is 2. The van der Waals surface area contributed by atoms with Crippen LogP contribution >= 0.6 is 0 Å². The predicted octanol–water partition coefficient (Wildman–Crippen LogP) is 0.213. The van der Waals surface area contributed by atoms with Gasteiger partial charge in [0.25, 0.3) is 0 Å². The van der Waals surface area contributed by atoms with Crippen molar-refractivity contribution in [1.29, 1.82) is 0 Å².